The Kier molecular flexibility index (Phi) is 6.00. The molecule has 0 bridgehead atoms. The third-order valence-electron chi connectivity index (χ3n) is 2.48. The predicted molar refractivity (Wildman–Crippen MR) is 69.1 cm³/mol. The second-order valence-corrected chi connectivity index (χ2v) is 4.73. The Labute approximate surface area is 106 Å². The van der Waals surface area contributed by atoms with Gasteiger partial charge in [0.15, 0.2) is 0 Å². The van der Waals surface area contributed by atoms with Crippen molar-refractivity contribution < 1.29 is 9.53 Å². The molecule has 1 rings (SSSR count). The van der Waals surface area contributed by atoms with E-state index in [-0.39, 0.29) is 5.97 Å². The summed E-state index contributed by atoms with van der Waals surface area (Å²) in [6.45, 7) is 2.10. The molecule has 0 aliphatic rings. The maximum Gasteiger partial charge on any atom is 0.306 e. The number of hydrogen-bond donors (Lipinski definition) is 1. The van der Waals surface area contributed by atoms with Crippen molar-refractivity contribution in [2.75, 3.05) is 19.9 Å². The molecule has 1 N–H and O–H groups in total. The van der Waals surface area contributed by atoms with Crippen molar-refractivity contribution in [1.29, 1.82) is 0 Å². The molecule has 0 amide bonds. The summed E-state index contributed by atoms with van der Waals surface area (Å²) in [7, 11) is 3.33. The number of nitrogens with zero attached hydrogens (tertiary/aromatic N) is 1. The van der Waals surface area contributed by atoms with E-state index in [9.17, 15) is 4.79 Å². The van der Waals surface area contributed by atoms with Crippen molar-refractivity contribution in [1.82, 2.24) is 10.3 Å². The number of pyridine rings is 1. The van der Waals surface area contributed by atoms with Gasteiger partial charge in [0.05, 0.1) is 18.6 Å². The SMILES string of the molecule is CNC(C)c1ccnc(SCCC(=O)OC)c1. The minimum atomic E-state index is -0.183. The molecule has 1 unspecified atom stereocenters. The second-order valence-electron chi connectivity index (χ2n) is 3.61. The zero-order chi connectivity index (χ0) is 12.7. The maximum absolute atomic E-state index is 11.0. The molecule has 0 radical (unpaired) electrons. The highest BCUT2D eigenvalue weighted by molar-refractivity contribution is 7.99. The van der Waals surface area contributed by atoms with Crippen LogP contribution in [0.1, 0.15) is 24.9 Å². The van der Waals surface area contributed by atoms with E-state index in [0.717, 1.165) is 5.03 Å². The van der Waals surface area contributed by atoms with Crippen LogP contribution in [0.3, 0.4) is 0 Å². The Morgan fingerprint density at radius 1 is 1.65 bits per heavy atom. The average Bonchev–Trinajstić information content (AvgIpc) is 2.38. The first kappa shape index (κ1) is 14.0. The van der Waals surface area contributed by atoms with Crippen LogP contribution in [-0.4, -0.2) is 30.9 Å². The quantitative estimate of drug-likeness (QED) is 0.621. The van der Waals surface area contributed by atoms with Gasteiger partial charge < -0.3 is 10.1 Å². The van der Waals surface area contributed by atoms with Gasteiger partial charge in [-0.15, -0.1) is 11.8 Å². The van der Waals surface area contributed by atoms with Crippen molar-refractivity contribution in [2.45, 2.75) is 24.4 Å². The molecular weight excluding hydrogens is 236 g/mol. The van der Waals surface area contributed by atoms with Crippen LogP contribution < -0.4 is 5.32 Å². The zero-order valence-corrected chi connectivity index (χ0v) is 11.2. The summed E-state index contributed by atoms with van der Waals surface area (Å²) in [6.07, 6.45) is 2.21. The molecule has 94 valence electrons. The molecule has 0 aromatic carbocycles. The number of aromatic nitrogens is 1. The molecule has 1 heterocycles. The molecule has 1 aromatic rings. The molecule has 5 heteroatoms. The minimum absolute atomic E-state index is 0.183. The lowest BCUT2D eigenvalue weighted by atomic mass is 10.1. The van der Waals surface area contributed by atoms with Gasteiger partial charge in [-0.25, -0.2) is 4.98 Å². The summed E-state index contributed by atoms with van der Waals surface area (Å²) in [5.41, 5.74) is 1.20. The third-order valence-corrected chi connectivity index (χ3v) is 3.40. The molecule has 1 atom stereocenters. The van der Waals surface area contributed by atoms with Crippen molar-refractivity contribution in [2.24, 2.45) is 0 Å². The molecular formula is C12H18N2O2S. The molecule has 1 aromatic heterocycles. The Morgan fingerprint density at radius 3 is 3.06 bits per heavy atom. The Hall–Kier alpha value is -1.07. The maximum atomic E-state index is 11.0. The van der Waals surface area contributed by atoms with Gasteiger partial charge >= 0.3 is 5.97 Å². The number of nitrogens with one attached hydrogen (secondary N) is 1. The van der Waals surface area contributed by atoms with E-state index in [1.807, 2.05) is 19.2 Å². The fourth-order valence-electron chi connectivity index (χ4n) is 1.28. The van der Waals surface area contributed by atoms with Crippen LogP contribution in [0.15, 0.2) is 23.4 Å². The van der Waals surface area contributed by atoms with Gasteiger partial charge in [-0.2, -0.15) is 0 Å². The van der Waals surface area contributed by atoms with E-state index in [1.165, 1.54) is 12.7 Å². The van der Waals surface area contributed by atoms with E-state index in [4.69, 9.17) is 0 Å². The average molecular weight is 254 g/mol. The number of esters is 1. The summed E-state index contributed by atoms with van der Waals surface area (Å²) in [5, 5.41) is 4.12. The van der Waals surface area contributed by atoms with Crippen molar-refractivity contribution in [3.8, 4) is 0 Å². The highest BCUT2D eigenvalue weighted by atomic mass is 32.2. The molecule has 0 saturated carbocycles. The fraction of sp³-hybridized carbons (Fsp3) is 0.500. The molecule has 0 saturated heterocycles. The standard InChI is InChI=1S/C12H18N2O2S/c1-9(13-2)10-4-6-14-11(8-10)17-7-5-12(15)16-3/h4,6,8-9,13H,5,7H2,1-3H3. The smallest absolute Gasteiger partial charge is 0.306 e. The van der Waals surface area contributed by atoms with E-state index in [1.54, 1.807) is 18.0 Å². The Morgan fingerprint density at radius 2 is 2.41 bits per heavy atom. The van der Waals surface area contributed by atoms with E-state index >= 15 is 0 Å². The number of rotatable bonds is 6. The van der Waals surface area contributed by atoms with Crippen LogP contribution in [0.25, 0.3) is 0 Å². The van der Waals surface area contributed by atoms with Crippen molar-refractivity contribution in [3.05, 3.63) is 23.9 Å². The topological polar surface area (TPSA) is 51.2 Å². The summed E-state index contributed by atoms with van der Waals surface area (Å²) >= 11 is 1.57. The number of ether oxygens (including phenoxy) is 1. The van der Waals surface area contributed by atoms with Gasteiger partial charge in [-0.3, -0.25) is 4.79 Å². The summed E-state index contributed by atoms with van der Waals surface area (Å²) in [6, 6.07) is 4.34. The van der Waals surface area contributed by atoms with Crippen LogP contribution in [0.4, 0.5) is 0 Å². The molecule has 0 fully saturated rings. The van der Waals surface area contributed by atoms with Gasteiger partial charge in [0.1, 0.15) is 0 Å². The third kappa shape index (κ3) is 4.75. The fourth-order valence-corrected chi connectivity index (χ4v) is 2.11. The zero-order valence-electron chi connectivity index (χ0n) is 10.4. The number of carbonyl (C=O) groups excluding carboxylic acids is 1. The number of hydrogen-bond acceptors (Lipinski definition) is 5. The number of thioether (sulfide) groups is 1. The van der Waals surface area contributed by atoms with Crippen LogP contribution in [-0.2, 0) is 9.53 Å². The summed E-state index contributed by atoms with van der Waals surface area (Å²) in [5.74, 6) is 0.508. The first-order valence-electron chi connectivity index (χ1n) is 5.50. The van der Waals surface area contributed by atoms with E-state index in [2.05, 4.69) is 22.0 Å². The highest BCUT2D eigenvalue weighted by Gasteiger charge is 2.05. The van der Waals surface area contributed by atoms with Gasteiger partial charge in [0.25, 0.3) is 0 Å². The van der Waals surface area contributed by atoms with Crippen molar-refractivity contribution in [3.63, 3.8) is 0 Å². The molecule has 17 heavy (non-hydrogen) atoms. The largest absolute Gasteiger partial charge is 0.469 e. The van der Waals surface area contributed by atoms with Crippen LogP contribution in [0.2, 0.25) is 0 Å². The molecule has 0 spiro atoms. The normalized spacial score (nSPS) is 12.2. The molecule has 0 aliphatic carbocycles. The lowest BCUT2D eigenvalue weighted by Crippen LogP contribution is -2.12. The highest BCUT2D eigenvalue weighted by Crippen LogP contribution is 2.20. The number of carbonyl (C=O) groups is 1. The minimum Gasteiger partial charge on any atom is -0.469 e. The second kappa shape index (κ2) is 7.29. The first-order chi connectivity index (χ1) is 8.17. The van der Waals surface area contributed by atoms with Crippen LogP contribution in [0, 0.1) is 0 Å². The lowest BCUT2D eigenvalue weighted by Gasteiger charge is -2.11. The predicted octanol–water partition coefficient (Wildman–Crippen LogP) is 2.02. The van der Waals surface area contributed by atoms with Gasteiger partial charge in [-0.1, -0.05) is 0 Å². The van der Waals surface area contributed by atoms with Crippen LogP contribution in [0.5, 0.6) is 0 Å². The van der Waals surface area contributed by atoms with Gasteiger partial charge in [-0.05, 0) is 31.7 Å². The lowest BCUT2D eigenvalue weighted by molar-refractivity contribution is -0.140. The Balaban J connectivity index is 2.51. The van der Waals surface area contributed by atoms with Gasteiger partial charge in [0.2, 0.25) is 0 Å². The van der Waals surface area contributed by atoms with E-state index in [0.29, 0.717) is 18.2 Å². The molecule has 0 aliphatic heterocycles. The molecule has 4 nitrogen and oxygen atoms in total. The van der Waals surface area contributed by atoms with Crippen molar-refractivity contribution >= 4 is 17.7 Å². The summed E-state index contributed by atoms with van der Waals surface area (Å²) < 4.78 is 4.58. The van der Waals surface area contributed by atoms with Gasteiger partial charge in [0, 0.05) is 18.0 Å². The number of methoxy groups -OCH3 is 1. The van der Waals surface area contributed by atoms with E-state index < -0.39 is 0 Å². The summed E-state index contributed by atoms with van der Waals surface area (Å²) in [4.78, 5) is 15.2. The Bertz CT molecular complexity index is 371. The first-order valence-corrected chi connectivity index (χ1v) is 6.48. The monoisotopic (exact) mass is 254 g/mol. The van der Waals surface area contributed by atoms with Crippen LogP contribution >= 0.6 is 11.8 Å².